The normalized spacial score (nSPS) is 10.5. The molecule has 2 heterocycles. The van der Waals surface area contributed by atoms with Crippen LogP contribution in [0.1, 0.15) is 12.2 Å². The molecule has 90 valence electrons. The van der Waals surface area contributed by atoms with Gasteiger partial charge in [-0.05, 0) is 32.0 Å². The molecule has 0 fully saturated rings. The molecule has 5 heteroatoms. The van der Waals surface area contributed by atoms with Gasteiger partial charge in [0.25, 0.3) is 0 Å². The van der Waals surface area contributed by atoms with Crippen molar-refractivity contribution in [3.05, 3.63) is 36.5 Å². The quantitative estimate of drug-likeness (QED) is 0.762. The number of nitrogens with zero attached hydrogens (tertiary/aromatic N) is 3. The first-order valence-corrected chi connectivity index (χ1v) is 5.71. The number of nitrogens with one attached hydrogen (secondary N) is 1. The molecule has 0 aromatic carbocycles. The zero-order chi connectivity index (χ0) is 12.1. The molecule has 2 aromatic heterocycles. The number of hydrogen-bond donors (Lipinski definition) is 2. The largest absolute Gasteiger partial charge is 0.384 e. The number of anilines is 1. The Morgan fingerprint density at radius 2 is 2.24 bits per heavy atom. The minimum atomic E-state index is 0.701. The second kappa shape index (κ2) is 5.45. The lowest BCUT2D eigenvalue weighted by Gasteiger charge is -2.07. The second-order valence-corrected chi connectivity index (χ2v) is 3.82. The zero-order valence-corrected chi connectivity index (χ0v) is 9.93. The minimum absolute atomic E-state index is 0.701. The van der Waals surface area contributed by atoms with Crippen molar-refractivity contribution in [1.29, 1.82) is 0 Å². The van der Waals surface area contributed by atoms with Gasteiger partial charge in [0.2, 0.25) is 0 Å². The first kappa shape index (κ1) is 11.6. The first-order valence-electron chi connectivity index (χ1n) is 5.71. The summed E-state index contributed by atoms with van der Waals surface area (Å²) in [4.78, 5) is 8.56. The number of pyridine rings is 1. The van der Waals surface area contributed by atoms with Crippen LogP contribution in [0.3, 0.4) is 0 Å². The molecule has 2 rings (SSSR count). The van der Waals surface area contributed by atoms with Gasteiger partial charge in [0.05, 0.1) is 11.9 Å². The average molecular weight is 231 g/mol. The van der Waals surface area contributed by atoms with Gasteiger partial charge in [0.15, 0.2) is 0 Å². The number of aromatic nitrogens is 3. The van der Waals surface area contributed by atoms with Crippen LogP contribution in [0.2, 0.25) is 0 Å². The standard InChI is InChI=1S/C12H17N5/c1-10-14-7-8-17(10)12-4-3-11(9-16-12)15-6-2-5-13/h3-4,7-9,15H,2,5-6,13H2,1H3. The van der Waals surface area contributed by atoms with E-state index in [9.17, 15) is 0 Å². The summed E-state index contributed by atoms with van der Waals surface area (Å²) in [6, 6.07) is 3.98. The maximum absolute atomic E-state index is 5.43. The van der Waals surface area contributed by atoms with E-state index >= 15 is 0 Å². The van der Waals surface area contributed by atoms with Gasteiger partial charge in [-0.15, -0.1) is 0 Å². The lowest BCUT2D eigenvalue weighted by Crippen LogP contribution is -2.08. The Hall–Kier alpha value is -1.88. The predicted molar refractivity (Wildman–Crippen MR) is 68.3 cm³/mol. The fourth-order valence-electron chi connectivity index (χ4n) is 1.59. The average Bonchev–Trinajstić information content (AvgIpc) is 2.77. The van der Waals surface area contributed by atoms with Crippen molar-refractivity contribution in [2.45, 2.75) is 13.3 Å². The number of hydrogen-bond acceptors (Lipinski definition) is 4. The summed E-state index contributed by atoms with van der Waals surface area (Å²) in [6.45, 7) is 3.53. The molecule has 0 aliphatic heterocycles. The van der Waals surface area contributed by atoms with Gasteiger partial charge in [-0.25, -0.2) is 9.97 Å². The molecule has 3 N–H and O–H groups in total. The molecule has 5 nitrogen and oxygen atoms in total. The Labute approximate surface area is 101 Å². The predicted octanol–water partition coefficient (Wildman–Crippen LogP) is 1.34. The van der Waals surface area contributed by atoms with Gasteiger partial charge in [-0.1, -0.05) is 0 Å². The summed E-state index contributed by atoms with van der Waals surface area (Å²) in [5.41, 5.74) is 6.45. The van der Waals surface area contributed by atoms with Gasteiger partial charge in [0, 0.05) is 18.9 Å². The highest BCUT2D eigenvalue weighted by Gasteiger charge is 2.01. The maximum atomic E-state index is 5.43. The van der Waals surface area contributed by atoms with E-state index < -0.39 is 0 Å². The van der Waals surface area contributed by atoms with Gasteiger partial charge >= 0.3 is 0 Å². The molecule has 2 aromatic rings. The number of nitrogens with two attached hydrogens (primary N) is 1. The van der Waals surface area contributed by atoms with E-state index in [1.807, 2.05) is 36.0 Å². The van der Waals surface area contributed by atoms with Crippen molar-refractivity contribution in [3.8, 4) is 5.82 Å². The van der Waals surface area contributed by atoms with Crippen LogP contribution in [0.25, 0.3) is 5.82 Å². The molecule has 0 saturated carbocycles. The second-order valence-electron chi connectivity index (χ2n) is 3.82. The molecule has 0 aliphatic carbocycles. The van der Waals surface area contributed by atoms with Crippen molar-refractivity contribution in [3.63, 3.8) is 0 Å². The molecule has 0 amide bonds. The summed E-state index contributed by atoms with van der Waals surface area (Å²) in [5, 5.41) is 3.27. The topological polar surface area (TPSA) is 68.8 Å². The van der Waals surface area contributed by atoms with Crippen molar-refractivity contribution >= 4 is 5.69 Å². The summed E-state index contributed by atoms with van der Waals surface area (Å²) in [6.07, 6.45) is 6.46. The molecule has 0 radical (unpaired) electrons. The van der Waals surface area contributed by atoms with Crippen LogP contribution in [0.5, 0.6) is 0 Å². The fraction of sp³-hybridized carbons (Fsp3) is 0.333. The monoisotopic (exact) mass is 231 g/mol. The highest BCUT2D eigenvalue weighted by atomic mass is 15.1. The first-order chi connectivity index (χ1) is 8.31. The zero-order valence-electron chi connectivity index (χ0n) is 9.93. The number of rotatable bonds is 5. The van der Waals surface area contributed by atoms with Crippen LogP contribution in [-0.4, -0.2) is 27.6 Å². The van der Waals surface area contributed by atoms with Crippen LogP contribution in [0.4, 0.5) is 5.69 Å². The van der Waals surface area contributed by atoms with E-state index in [2.05, 4.69) is 15.3 Å². The molecule has 0 aliphatic rings. The van der Waals surface area contributed by atoms with Crippen molar-refractivity contribution < 1.29 is 0 Å². The summed E-state index contributed by atoms with van der Waals surface area (Å²) in [5.74, 6) is 1.81. The minimum Gasteiger partial charge on any atom is -0.384 e. The van der Waals surface area contributed by atoms with Crippen molar-refractivity contribution in [1.82, 2.24) is 14.5 Å². The molecule has 17 heavy (non-hydrogen) atoms. The van der Waals surface area contributed by atoms with Crippen LogP contribution >= 0.6 is 0 Å². The molecule has 0 unspecified atom stereocenters. The van der Waals surface area contributed by atoms with Gasteiger partial charge in [0.1, 0.15) is 11.6 Å². The number of imidazole rings is 1. The molecule has 0 spiro atoms. The highest BCUT2D eigenvalue weighted by Crippen LogP contribution is 2.11. The molecule has 0 bridgehead atoms. The van der Waals surface area contributed by atoms with E-state index in [0.717, 1.165) is 30.3 Å². The third kappa shape index (κ3) is 2.82. The van der Waals surface area contributed by atoms with E-state index in [-0.39, 0.29) is 0 Å². The lowest BCUT2D eigenvalue weighted by molar-refractivity contribution is 0.872. The summed E-state index contributed by atoms with van der Waals surface area (Å²) >= 11 is 0. The van der Waals surface area contributed by atoms with E-state index in [4.69, 9.17) is 5.73 Å². The summed E-state index contributed by atoms with van der Waals surface area (Å²) < 4.78 is 1.95. The van der Waals surface area contributed by atoms with E-state index in [1.165, 1.54) is 0 Å². The fourth-order valence-corrected chi connectivity index (χ4v) is 1.59. The Morgan fingerprint density at radius 3 is 2.82 bits per heavy atom. The van der Waals surface area contributed by atoms with Crippen LogP contribution in [-0.2, 0) is 0 Å². The smallest absolute Gasteiger partial charge is 0.138 e. The molecular formula is C12H17N5. The third-order valence-corrected chi connectivity index (χ3v) is 2.53. The maximum Gasteiger partial charge on any atom is 0.138 e. The van der Waals surface area contributed by atoms with Crippen LogP contribution in [0, 0.1) is 6.92 Å². The van der Waals surface area contributed by atoms with Crippen LogP contribution < -0.4 is 11.1 Å². The SMILES string of the molecule is Cc1nccn1-c1ccc(NCCCN)cn1. The van der Waals surface area contributed by atoms with Gasteiger partial charge < -0.3 is 11.1 Å². The molecule has 0 saturated heterocycles. The van der Waals surface area contributed by atoms with Gasteiger partial charge in [-0.2, -0.15) is 0 Å². The van der Waals surface area contributed by atoms with E-state index in [1.54, 1.807) is 6.20 Å². The Bertz CT molecular complexity index is 460. The third-order valence-electron chi connectivity index (χ3n) is 2.53. The summed E-state index contributed by atoms with van der Waals surface area (Å²) in [7, 11) is 0. The highest BCUT2D eigenvalue weighted by molar-refractivity contribution is 5.43. The molecular weight excluding hydrogens is 214 g/mol. The Kier molecular flexibility index (Phi) is 3.72. The van der Waals surface area contributed by atoms with E-state index in [0.29, 0.717) is 6.54 Å². The van der Waals surface area contributed by atoms with Crippen LogP contribution in [0.15, 0.2) is 30.7 Å². The van der Waals surface area contributed by atoms with Crippen molar-refractivity contribution in [2.75, 3.05) is 18.4 Å². The van der Waals surface area contributed by atoms with Gasteiger partial charge in [-0.3, -0.25) is 4.57 Å². The Balaban J connectivity index is 2.06. The lowest BCUT2D eigenvalue weighted by atomic mass is 10.3. The van der Waals surface area contributed by atoms with Crippen molar-refractivity contribution in [2.24, 2.45) is 5.73 Å². The Morgan fingerprint density at radius 1 is 1.35 bits per heavy atom. The number of aryl methyl sites for hydroxylation is 1. The molecule has 0 atom stereocenters.